The zero-order valence-electron chi connectivity index (χ0n) is 12.6. The van der Waals surface area contributed by atoms with E-state index < -0.39 is 16.6 Å². The number of anilines is 1. The molecule has 1 aliphatic heterocycles. The minimum absolute atomic E-state index is 0.145. The third-order valence-electron chi connectivity index (χ3n) is 3.76. The fourth-order valence-corrected chi connectivity index (χ4v) is 3.47. The number of ether oxygens (including phenoxy) is 1. The fourth-order valence-electron chi connectivity index (χ4n) is 2.38. The summed E-state index contributed by atoms with van der Waals surface area (Å²) in [5.74, 6) is 0.250. The van der Waals surface area contributed by atoms with Gasteiger partial charge in [-0.3, -0.25) is 4.72 Å². The van der Waals surface area contributed by atoms with E-state index >= 15 is 0 Å². The second-order valence-electron chi connectivity index (χ2n) is 5.44. The van der Waals surface area contributed by atoms with Gasteiger partial charge in [-0.15, -0.1) is 0 Å². The van der Waals surface area contributed by atoms with Crippen LogP contribution in [0.4, 0.5) is 14.5 Å². The van der Waals surface area contributed by atoms with Crippen LogP contribution in [0.2, 0.25) is 0 Å². The highest BCUT2D eigenvalue weighted by Gasteiger charge is 2.19. The van der Waals surface area contributed by atoms with Gasteiger partial charge in [0.1, 0.15) is 5.75 Å². The van der Waals surface area contributed by atoms with Gasteiger partial charge < -0.3 is 10.1 Å². The summed E-state index contributed by atoms with van der Waals surface area (Å²) in [6.07, 6.45) is 0. The number of halogens is 2. The minimum atomic E-state index is -3.88. The topological polar surface area (TPSA) is 67.4 Å². The number of benzene rings is 2. The van der Waals surface area contributed by atoms with Gasteiger partial charge in [0.15, 0.2) is 0 Å². The van der Waals surface area contributed by atoms with Crippen LogP contribution in [-0.2, 0) is 10.0 Å². The van der Waals surface area contributed by atoms with Crippen molar-refractivity contribution in [1.29, 1.82) is 0 Å². The molecule has 0 atom stereocenters. The quantitative estimate of drug-likeness (QED) is 0.837. The van der Waals surface area contributed by atoms with Gasteiger partial charge in [0.05, 0.1) is 4.90 Å². The highest BCUT2D eigenvalue weighted by molar-refractivity contribution is 7.92. The first-order chi connectivity index (χ1) is 11.4. The van der Waals surface area contributed by atoms with Crippen LogP contribution in [0.5, 0.6) is 5.75 Å². The third-order valence-corrected chi connectivity index (χ3v) is 5.14. The molecule has 0 aliphatic carbocycles. The lowest BCUT2D eigenvalue weighted by atomic mass is 9.94. The maximum absolute atomic E-state index is 12.4. The summed E-state index contributed by atoms with van der Waals surface area (Å²) < 4.78 is 55.9. The highest BCUT2D eigenvalue weighted by atomic mass is 32.2. The van der Waals surface area contributed by atoms with Gasteiger partial charge in [-0.1, -0.05) is 18.2 Å². The molecule has 1 fully saturated rings. The van der Waals surface area contributed by atoms with Crippen LogP contribution in [0.15, 0.2) is 53.4 Å². The Hall–Kier alpha value is -2.19. The Balaban J connectivity index is 1.75. The van der Waals surface area contributed by atoms with E-state index in [0.717, 1.165) is 24.7 Å². The summed E-state index contributed by atoms with van der Waals surface area (Å²) in [6.45, 7) is -1.17. The number of rotatable bonds is 6. The van der Waals surface area contributed by atoms with Crippen LogP contribution in [0.1, 0.15) is 11.5 Å². The molecule has 3 rings (SSSR count). The van der Waals surface area contributed by atoms with Crippen LogP contribution in [0, 0.1) is 0 Å². The standard InChI is InChI=1S/C16H16F2N2O3S/c17-16(18)23-14-2-1-3-15(8-14)24(21,22)20-13-6-4-11(5-7-13)12-9-19-10-12/h1-8,12,16,19-20H,9-10H2. The van der Waals surface area contributed by atoms with E-state index in [-0.39, 0.29) is 10.6 Å². The molecule has 0 bridgehead atoms. The number of sulfonamides is 1. The van der Waals surface area contributed by atoms with Crippen LogP contribution >= 0.6 is 0 Å². The maximum Gasteiger partial charge on any atom is 0.387 e. The van der Waals surface area contributed by atoms with Gasteiger partial charge in [-0.05, 0) is 29.8 Å². The fraction of sp³-hybridized carbons (Fsp3) is 0.250. The molecular formula is C16H16F2N2O3S. The van der Waals surface area contributed by atoms with E-state index in [0.29, 0.717) is 11.6 Å². The van der Waals surface area contributed by atoms with E-state index in [1.54, 1.807) is 12.1 Å². The molecule has 2 N–H and O–H groups in total. The molecule has 0 aromatic heterocycles. The lowest BCUT2D eigenvalue weighted by Gasteiger charge is -2.27. The highest BCUT2D eigenvalue weighted by Crippen LogP contribution is 2.24. The first-order valence-corrected chi connectivity index (χ1v) is 8.81. The zero-order valence-corrected chi connectivity index (χ0v) is 13.4. The molecule has 2 aromatic carbocycles. The Morgan fingerprint density at radius 3 is 2.42 bits per heavy atom. The number of hydrogen-bond donors (Lipinski definition) is 2. The van der Waals surface area contributed by atoms with E-state index in [1.165, 1.54) is 18.2 Å². The Bertz CT molecular complexity index is 806. The Kier molecular flexibility index (Phi) is 4.68. The summed E-state index contributed by atoms with van der Waals surface area (Å²) >= 11 is 0. The summed E-state index contributed by atoms with van der Waals surface area (Å²) in [5.41, 5.74) is 1.55. The lowest BCUT2D eigenvalue weighted by Crippen LogP contribution is -2.39. The van der Waals surface area contributed by atoms with Crippen molar-refractivity contribution in [3.05, 3.63) is 54.1 Å². The summed E-state index contributed by atoms with van der Waals surface area (Å²) in [4.78, 5) is -0.145. The zero-order chi connectivity index (χ0) is 17.2. The molecule has 2 aromatic rings. The van der Waals surface area contributed by atoms with Crippen molar-refractivity contribution in [1.82, 2.24) is 5.32 Å². The normalized spacial score (nSPS) is 15.1. The molecular weight excluding hydrogens is 338 g/mol. The van der Waals surface area contributed by atoms with Crippen molar-refractivity contribution >= 4 is 15.7 Å². The molecule has 0 saturated carbocycles. The Morgan fingerprint density at radius 2 is 1.83 bits per heavy atom. The second kappa shape index (κ2) is 6.74. The van der Waals surface area contributed by atoms with Crippen molar-refractivity contribution in [2.75, 3.05) is 17.8 Å². The predicted molar refractivity (Wildman–Crippen MR) is 85.9 cm³/mol. The van der Waals surface area contributed by atoms with Crippen LogP contribution < -0.4 is 14.8 Å². The number of hydrogen-bond acceptors (Lipinski definition) is 4. The first-order valence-electron chi connectivity index (χ1n) is 7.32. The van der Waals surface area contributed by atoms with Crippen molar-refractivity contribution < 1.29 is 21.9 Å². The SMILES string of the molecule is O=S(=O)(Nc1ccc(C2CNC2)cc1)c1cccc(OC(F)F)c1. The molecule has 5 nitrogen and oxygen atoms in total. The number of nitrogens with one attached hydrogen (secondary N) is 2. The van der Waals surface area contributed by atoms with E-state index in [4.69, 9.17) is 0 Å². The summed E-state index contributed by atoms with van der Waals surface area (Å²) in [7, 11) is -3.88. The molecule has 0 amide bonds. The molecule has 1 heterocycles. The largest absolute Gasteiger partial charge is 0.435 e. The average molecular weight is 354 g/mol. The van der Waals surface area contributed by atoms with Crippen LogP contribution in [0.3, 0.4) is 0 Å². The van der Waals surface area contributed by atoms with Crippen LogP contribution in [-0.4, -0.2) is 28.1 Å². The van der Waals surface area contributed by atoms with Crippen molar-refractivity contribution in [3.63, 3.8) is 0 Å². The lowest BCUT2D eigenvalue weighted by molar-refractivity contribution is -0.0499. The van der Waals surface area contributed by atoms with Gasteiger partial charge in [0.2, 0.25) is 0 Å². The Labute approximate surface area is 138 Å². The van der Waals surface area contributed by atoms with Crippen LogP contribution in [0.25, 0.3) is 0 Å². The van der Waals surface area contributed by atoms with Crippen molar-refractivity contribution in [2.45, 2.75) is 17.4 Å². The van der Waals surface area contributed by atoms with E-state index in [2.05, 4.69) is 14.8 Å². The summed E-state index contributed by atoms with van der Waals surface area (Å²) in [6, 6.07) is 12.1. The molecule has 1 saturated heterocycles. The molecule has 1 aliphatic rings. The number of alkyl halides is 2. The van der Waals surface area contributed by atoms with E-state index in [1.807, 2.05) is 12.1 Å². The molecule has 0 spiro atoms. The molecule has 24 heavy (non-hydrogen) atoms. The van der Waals surface area contributed by atoms with Crippen molar-refractivity contribution in [3.8, 4) is 5.75 Å². The smallest absolute Gasteiger partial charge is 0.387 e. The molecule has 128 valence electrons. The molecule has 0 radical (unpaired) electrons. The minimum Gasteiger partial charge on any atom is -0.435 e. The maximum atomic E-state index is 12.4. The first kappa shape index (κ1) is 16.7. The summed E-state index contributed by atoms with van der Waals surface area (Å²) in [5, 5.41) is 3.18. The van der Waals surface area contributed by atoms with Gasteiger partial charge in [0.25, 0.3) is 10.0 Å². The van der Waals surface area contributed by atoms with Gasteiger partial charge in [-0.2, -0.15) is 8.78 Å². The molecule has 8 heteroatoms. The van der Waals surface area contributed by atoms with Gasteiger partial charge in [0, 0.05) is 30.8 Å². The van der Waals surface area contributed by atoms with E-state index in [9.17, 15) is 17.2 Å². The van der Waals surface area contributed by atoms with Crippen molar-refractivity contribution in [2.24, 2.45) is 0 Å². The predicted octanol–water partition coefficient (Wildman–Crippen LogP) is 2.78. The van der Waals surface area contributed by atoms with Gasteiger partial charge in [-0.25, -0.2) is 8.42 Å². The molecule has 0 unspecified atom stereocenters. The average Bonchev–Trinajstić information content (AvgIpc) is 2.47. The second-order valence-corrected chi connectivity index (χ2v) is 7.12. The van der Waals surface area contributed by atoms with Gasteiger partial charge >= 0.3 is 6.61 Å². The third kappa shape index (κ3) is 3.82. The Morgan fingerprint density at radius 1 is 1.12 bits per heavy atom. The monoisotopic (exact) mass is 354 g/mol.